The Balaban J connectivity index is 1.18. The molecule has 0 unspecified atom stereocenters. The standard InChI is InChI=1S/C28H27NO4/c30-27(32-17-19-9-2-1-3-10-19)24-15-8-16-26(24)29-28(31)33-18-25-22-13-6-4-11-20(22)21-12-5-7-14-23(21)25/h1-7,9-14,24-26H,8,15-18H2,(H,29,31)/t24-,26+/m1/s1. The number of amides is 1. The highest BCUT2D eigenvalue weighted by molar-refractivity contribution is 5.79. The summed E-state index contributed by atoms with van der Waals surface area (Å²) in [5, 5.41) is 2.92. The van der Waals surface area contributed by atoms with Crippen LogP contribution in [-0.2, 0) is 20.9 Å². The van der Waals surface area contributed by atoms with Crippen LogP contribution in [0.15, 0.2) is 78.9 Å². The minimum atomic E-state index is -0.482. The zero-order valence-corrected chi connectivity index (χ0v) is 18.4. The number of carbonyl (C=O) groups is 2. The van der Waals surface area contributed by atoms with Crippen molar-refractivity contribution in [2.24, 2.45) is 5.92 Å². The Kier molecular flexibility index (Phi) is 6.11. The highest BCUT2D eigenvalue weighted by Gasteiger charge is 2.36. The fourth-order valence-corrected chi connectivity index (χ4v) is 5.04. The van der Waals surface area contributed by atoms with Crippen LogP contribution in [0.2, 0.25) is 0 Å². The minimum absolute atomic E-state index is 0.0124. The molecule has 5 nitrogen and oxygen atoms in total. The Morgan fingerprint density at radius 2 is 1.42 bits per heavy atom. The van der Waals surface area contributed by atoms with Crippen LogP contribution in [-0.4, -0.2) is 24.7 Å². The molecule has 2 atom stereocenters. The van der Waals surface area contributed by atoms with E-state index >= 15 is 0 Å². The second-order valence-electron chi connectivity index (χ2n) is 8.71. The molecule has 5 heteroatoms. The molecule has 3 aromatic rings. The molecule has 0 saturated heterocycles. The van der Waals surface area contributed by atoms with E-state index in [0.29, 0.717) is 6.42 Å². The summed E-state index contributed by atoms with van der Waals surface area (Å²) in [6, 6.07) is 25.9. The van der Waals surface area contributed by atoms with Gasteiger partial charge in [-0.15, -0.1) is 0 Å². The van der Waals surface area contributed by atoms with Gasteiger partial charge in [0, 0.05) is 12.0 Å². The molecule has 33 heavy (non-hydrogen) atoms. The SMILES string of the molecule is O=C(N[C@H]1CCC[C@H]1C(=O)OCc1ccccc1)OCC1c2ccccc2-c2ccccc21. The van der Waals surface area contributed by atoms with Gasteiger partial charge in [-0.25, -0.2) is 4.79 Å². The van der Waals surface area contributed by atoms with Gasteiger partial charge < -0.3 is 14.8 Å². The summed E-state index contributed by atoms with van der Waals surface area (Å²) in [6.45, 7) is 0.504. The average Bonchev–Trinajstić information content (AvgIpc) is 3.44. The lowest BCUT2D eigenvalue weighted by Crippen LogP contribution is -2.41. The highest BCUT2D eigenvalue weighted by atomic mass is 16.5. The summed E-state index contributed by atoms with van der Waals surface area (Å²) in [4.78, 5) is 25.3. The van der Waals surface area contributed by atoms with Gasteiger partial charge in [0.1, 0.15) is 13.2 Å². The molecule has 3 aromatic carbocycles. The number of alkyl carbamates (subject to hydrolysis) is 1. The molecule has 0 bridgehead atoms. The second-order valence-corrected chi connectivity index (χ2v) is 8.71. The third-order valence-corrected chi connectivity index (χ3v) is 6.69. The van der Waals surface area contributed by atoms with Crippen LogP contribution in [0, 0.1) is 5.92 Å². The summed E-state index contributed by atoms with van der Waals surface area (Å²) in [5.41, 5.74) is 5.69. The first-order chi connectivity index (χ1) is 16.2. The molecule has 0 heterocycles. The van der Waals surface area contributed by atoms with E-state index in [1.165, 1.54) is 22.3 Å². The summed E-state index contributed by atoms with van der Waals surface area (Å²) in [6.07, 6.45) is 1.85. The molecule has 2 aliphatic rings. The van der Waals surface area contributed by atoms with Crippen molar-refractivity contribution in [1.29, 1.82) is 0 Å². The van der Waals surface area contributed by atoms with Crippen molar-refractivity contribution >= 4 is 12.1 Å². The number of fused-ring (bicyclic) bond motifs is 3. The third kappa shape index (κ3) is 4.49. The zero-order valence-electron chi connectivity index (χ0n) is 18.4. The van der Waals surface area contributed by atoms with E-state index in [1.54, 1.807) is 0 Å². The molecule has 0 aliphatic heterocycles. The third-order valence-electron chi connectivity index (χ3n) is 6.69. The van der Waals surface area contributed by atoms with Gasteiger partial charge in [0.25, 0.3) is 0 Å². The van der Waals surface area contributed by atoms with Crippen molar-refractivity contribution < 1.29 is 19.1 Å². The van der Waals surface area contributed by atoms with Gasteiger partial charge in [0.05, 0.1) is 5.92 Å². The number of benzene rings is 3. The molecular formula is C28H27NO4. The fourth-order valence-electron chi connectivity index (χ4n) is 5.04. The Bertz CT molecular complexity index is 1100. The van der Waals surface area contributed by atoms with Crippen LogP contribution in [0.25, 0.3) is 11.1 Å². The van der Waals surface area contributed by atoms with Gasteiger partial charge in [-0.05, 0) is 40.7 Å². The van der Waals surface area contributed by atoms with E-state index in [2.05, 4.69) is 29.6 Å². The van der Waals surface area contributed by atoms with E-state index in [1.807, 2.05) is 54.6 Å². The Hall–Kier alpha value is -3.60. The predicted molar refractivity (Wildman–Crippen MR) is 126 cm³/mol. The van der Waals surface area contributed by atoms with Crippen LogP contribution < -0.4 is 5.32 Å². The minimum Gasteiger partial charge on any atom is -0.461 e. The number of carbonyl (C=O) groups excluding carboxylic acids is 2. The predicted octanol–water partition coefficient (Wildman–Crippen LogP) is 5.44. The monoisotopic (exact) mass is 441 g/mol. The maximum Gasteiger partial charge on any atom is 0.407 e. The van der Waals surface area contributed by atoms with Gasteiger partial charge in [-0.2, -0.15) is 0 Å². The van der Waals surface area contributed by atoms with Gasteiger partial charge >= 0.3 is 12.1 Å². The first-order valence-electron chi connectivity index (χ1n) is 11.5. The molecule has 5 rings (SSSR count). The molecular weight excluding hydrogens is 414 g/mol. The van der Waals surface area contributed by atoms with Gasteiger partial charge in [-0.1, -0.05) is 85.3 Å². The molecule has 0 aromatic heterocycles. The zero-order chi connectivity index (χ0) is 22.6. The van der Waals surface area contributed by atoms with E-state index in [9.17, 15) is 9.59 Å². The van der Waals surface area contributed by atoms with Gasteiger partial charge in [-0.3, -0.25) is 4.79 Å². The Labute approximate surface area is 193 Å². The lowest BCUT2D eigenvalue weighted by Gasteiger charge is -2.21. The van der Waals surface area contributed by atoms with Gasteiger partial charge in [0.2, 0.25) is 0 Å². The average molecular weight is 442 g/mol. The molecule has 1 saturated carbocycles. The normalized spacial score (nSPS) is 18.9. The Morgan fingerprint density at radius 1 is 0.788 bits per heavy atom. The Morgan fingerprint density at radius 3 is 2.12 bits per heavy atom. The highest BCUT2D eigenvalue weighted by Crippen LogP contribution is 2.44. The van der Waals surface area contributed by atoms with Crippen molar-refractivity contribution in [1.82, 2.24) is 5.32 Å². The first kappa shape index (κ1) is 21.3. The number of hydrogen-bond acceptors (Lipinski definition) is 4. The smallest absolute Gasteiger partial charge is 0.407 e. The quantitative estimate of drug-likeness (QED) is 0.518. The number of nitrogens with one attached hydrogen (secondary N) is 1. The lowest BCUT2D eigenvalue weighted by atomic mass is 9.98. The van der Waals surface area contributed by atoms with Crippen molar-refractivity contribution in [2.75, 3.05) is 6.61 Å². The summed E-state index contributed by atoms with van der Waals surface area (Å²) >= 11 is 0. The largest absolute Gasteiger partial charge is 0.461 e. The number of hydrogen-bond donors (Lipinski definition) is 1. The molecule has 168 valence electrons. The molecule has 1 amide bonds. The summed E-state index contributed by atoms with van der Waals surface area (Å²) in [5.74, 6) is -0.590. The molecule has 1 N–H and O–H groups in total. The molecule has 2 aliphatic carbocycles. The van der Waals surface area contributed by atoms with Crippen LogP contribution in [0.4, 0.5) is 4.79 Å². The number of ether oxygens (including phenoxy) is 2. The number of esters is 1. The maximum absolute atomic E-state index is 12.6. The van der Waals surface area contributed by atoms with Crippen molar-refractivity contribution in [3.8, 4) is 11.1 Å². The van der Waals surface area contributed by atoms with Crippen molar-refractivity contribution in [3.05, 3.63) is 95.6 Å². The van der Waals surface area contributed by atoms with E-state index in [-0.39, 0.29) is 37.1 Å². The molecule has 0 radical (unpaired) electrons. The fraction of sp³-hybridized carbons (Fsp3) is 0.286. The number of rotatable bonds is 6. The summed E-state index contributed by atoms with van der Waals surface area (Å²) in [7, 11) is 0. The molecule has 1 fully saturated rings. The first-order valence-corrected chi connectivity index (χ1v) is 11.5. The van der Waals surface area contributed by atoms with Crippen LogP contribution in [0.5, 0.6) is 0 Å². The van der Waals surface area contributed by atoms with Crippen molar-refractivity contribution in [2.45, 2.75) is 37.8 Å². The summed E-state index contributed by atoms with van der Waals surface area (Å²) < 4.78 is 11.2. The maximum atomic E-state index is 12.6. The van der Waals surface area contributed by atoms with E-state index < -0.39 is 6.09 Å². The topological polar surface area (TPSA) is 64.6 Å². The van der Waals surface area contributed by atoms with E-state index in [0.717, 1.165) is 18.4 Å². The molecule has 0 spiro atoms. The van der Waals surface area contributed by atoms with Crippen LogP contribution in [0.3, 0.4) is 0 Å². The van der Waals surface area contributed by atoms with Crippen LogP contribution >= 0.6 is 0 Å². The van der Waals surface area contributed by atoms with E-state index in [4.69, 9.17) is 9.47 Å². The second kappa shape index (κ2) is 9.49. The van der Waals surface area contributed by atoms with Gasteiger partial charge in [0.15, 0.2) is 0 Å². The van der Waals surface area contributed by atoms with Crippen LogP contribution in [0.1, 0.15) is 41.9 Å². The van der Waals surface area contributed by atoms with Crippen molar-refractivity contribution in [3.63, 3.8) is 0 Å². The lowest BCUT2D eigenvalue weighted by molar-refractivity contribution is -0.150.